The van der Waals surface area contributed by atoms with Gasteiger partial charge in [-0.3, -0.25) is 4.79 Å². The van der Waals surface area contributed by atoms with Gasteiger partial charge < -0.3 is 15.5 Å². The Morgan fingerprint density at radius 1 is 0.500 bits per heavy atom. The number of unbranched alkanes of at least 4 members (excludes halogenated alkanes) is 21. The van der Waals surface area contributed by atoms with Crippen molar-refractivity contribution in [3.8, 4) is 0 Å². The Bertz CT molecular complexity index is 812. The Kier molecular flexibility index (Phi) is 38.0. The number of amides is 1. The van der Waals surface area contributed by atoms with E-state index in [0.29, 0.717) is 6.42 Å². The summed E-state index contributed by atoms with van der Waals surface area (Å²) < 4.78 is 0. The van der Waals surface area contributed by atoms with Gasteiger partial charge in [-0.15, -0.1) is 0 Å². The highest BCUT2D eigenvalue weighted by Crippen LogP contribution is 2.12. The summed E-state index contributed by atoms with van der Waals surface area (Å²) in [4.78, 5) is 12.3. The van der Waals surface area contributed by atoms with Crippen molar-refractivity contribution in [3.05, 3.63) is 60.8 Å². The monoisotopic (exact) mass is 670 g/mol. The van der Waals surface area contributed by atoms with E-state index >= 15 is 0 Å². The van der Waals surface area contributed by atoms with Crippen LogP contribution in [0, 0.1) is 0 Å². The van der Waals surface area contributed by atoms with Crippen LogP contribution < -0.4 is 5.32 Å². The van der Waals surface area contributed by atoms with E-state index in [0.717, 1.165) is 57.8 Å². The molecule has 4 heteroatoms. The third-order valence-corrected chi connectivity index (χ3v) is 8.97. The molecule has 0 aliphatic carbocycles. The van der Waals surface area contributed by atoms with Crippen LogP contribution in [0.5, 0.6) is 0 Å². The van der Waals surface area contributed by atoms with Gasteiger partial charge in [0.05, 0.1) is 18.8 Å². The fraction of sp³-hybridized carbons (Fsp3) is 0.750. The number of aliphatic hydroxyl groups is 2. The van der Waals surface area contributed by atoms with Crippen molar-refractivity contribution in [2.45, 2.75) is 206 Å². The minimum atomic E-state index is -0.869. The average molecular weight is 670 g/mol. The second-order valence-corrected chi connectivity index (χ2v) is 13.7. The molecule has 0 aromatic carbocycles. The first kappa shape index (κ1) is 46.1. The topological polar surface area (TPSA) is 69.6 Å². The SMILES string of the molecule is CCCCCCC/C=C\C/C=C\C/C=C\CCCCCCCCC(=O)NC(CO)C(O)/C=C/CC/C=C/CCCCCCCCCCC. The maximum atomic E-state index is 12.3. The quantitative estimate of drug-likeness (QED) is 0.0459. The molecule has 3 N–H and O–H groups in total. The van der Waals surface area contributed by atoms with Gasteiger partial charge in [-0.25, -0.2) is 0 Å². The van der Waals surface area contributed by atoms with E-state index in [9.17, 15) is 15.0 Å². The van der Waals surface area contributed by atoms with Crippen molar-refractivity contribution < 1.29 is 15.0 Å². The number of rotatable bonds is 36. The molecule has 2 unspecified atom stereocenters. The lowest BCUT2D eigenvalue weighted by atomic mass is 10.1. The molecule has 48 heavy (non-hydrogen) atoms. The van der Waals surface area contributed by atoms with Crippen LogP contribution in [0.15, 0.2) is 60.8 Å². The molecular weight excluding hydrogens is 590 g/mol. The Morgan fingerprint density at radius 3 is 1.35 bits per heavy atom. The number of carbonyl (C=O) groups excluding carboxylic acids is 1. The molecule has 0 aliphatic rings. The van der Waals surface area contributed by atoms with E-state index < -0.39 is 12.1 Å². The number of nitrogens with one attached hydrogen (secondary N) is 1. The van der Waals surface area contributed by atoms with Crippen LogP contribution in [0.1, 0.15) is 194 Å². The van der Waals surface area contributed by atoms with Crippen molar-refractivity contribution in [3.63, 3.8) is 0 Å². The molecule has 0 aromatic heterocycles. The van der Waals surface area contributed by atoms with Gasteiger partial charge in [0, 0.05) is 6.42 Å². The normalized spacial score (nSPS) is 13.7. The molecule has 1 amide bonds. The summed E-state index contributed by atoms with van der Waals surface area (Å²) >= 11 is 0. The van der Waals surface area contributed by atoms with Crippen molar-refractivity contribution in [2.75, 3.05) is 6.61 Å². The van der Waals surface area contributed by atoms with Crippen LogP contribution >= 0.6 is 0 Å². The van der Waals surface area contributed by atoms with E-state index in [-0.39, 0.29) is 12.5 Å². The van der Waals surface area contributed by atoms with E-state index in [1.54, 1.807) is 6.08 Å². The maximum absolute atomic E-state index is 12.3. The number of hydrogen-bond acceptors (Lipinski definition) is 3. The van der Waals surface area contributed by atoms with Crippen LogP contribution in [-0.4, -0.2) is 34.9 Å². The maximum Gasteiger partial charge on any atom is 0.220 e. The molecule has 0 spiro atoms. The zero-order valence-corrected chi connectivity index (χ0v) is 31.7. The summed E-state index contributed by atoms with van der Waals surface area (Å²) in [6, 6.07) is -0.647. The van der Waals surface area contributed by atoms with Gasteiger partial charge in [-0.1, -0.05) is 177 Å². The highest BCUT2D eigenvalue weighted by molar-refractivity contribution is 5.76. The summed E-state index contributed by atoms with van der Waals surface area (Å²) in [5.74, 6) is -0.0889. The van der Waals surface area contributed by atoms with Crippen LogP contribution in [0.25, 0.3) is 0 Å². The largest absolute Gasteiger partial charge is 0.394 e. The molecule has 0 saturated carbocycles. The van der Waals surface area contributed by atoms with Gasteiger partial charge in [0.15, 0.2) is 0 Å². The van der Waals surface area contributed by atoms with E-state index in [1.165, 1.54) is 116 Å². The molecule has 0 rings (SSSR count). The van der Waals surface area contributed by atoms with Crippen molar-refractivity contribution in [2.24, 2.45) is 0 Å². The second-order valence-electron chi connectivity index (χ2n) is 13.7. The van der Waals surface area contributed by atoms with Crippen molar-refractivity contribution in [1.29, 1.82) is 0 Å². The predicted molar refractivity (Wildman–Crippen MR) is 211 cm³/mol. The van der Waals surface area contributed by atoms with Gasteiger partial charge in [-0.2, -0.15) is 0 Å². The zero-order chi connectivity index (χ0) is 35.0. The Hall–Kier alpha value is -1.91. The van der Waals surface area contributed by atoms with Crippen LogP contribution in [0.2, 0.25) is 0 Å². The lowest BCUT2D eigenvalue weighted by Gasteiger charge is -2.19. The average Bonchev–Trinajstić information content (AvgIpc) is 3.09. The molecular formula is C44H79NO3. The lowest BCUT2D eigenvalue weighted by molar-refractivity contribution is -0.123. The summed E-state index contributed by atoms with van der Waals surface area (Å²) in [6.07, 6.45) is 54.5. The fourth-order valence-electron chi connectivity index (χ4n) is 5.79. The third-order valence-electron chi connectivity index (χ3n) is 8.97. The zero-order valence-electron chi connectivity index (χ0n) is 31.7. The predicted octanol–water partition coefficient (Wildman–Crippen LogP) is 12.6. The lowest BCUT2D eigenvalue weighted by Crippen LogP contribution is -2.45. The minimum absolute atomic E-state index is 0.0889. The van der Waals surface area contributed by atoms with Gasteiger partial charge in [0.25, 0.3) is 0 Å². The molecule has 0 heterocycles. The van der Waals surface area contributed by atoms with Gasteiger partial charge in [-0.05, 0) is 70.6 Å². The highest BCUT2D eigenvalue weighted by atomic mass is 16.3. The van der Waals surface area contributed by atoms with Crippen LogP contribution in [0.3, 0.4) is 0 Å². The second kappa shape index (κ2) is 39.5. The van der Waals surface area contributed by atoms with E-state index in [2.05, 4.69) is 67.8 Å². The Balaban J connectivity index is 3.69. The van der Waals surface area contributed by atoms with Gasteiger partial charge >= 0.3 is 0 Å². The smallest absolute Gasteiger partial charge is 0.220 e. The summed E-state index contributed by atoms with van der Waals surface area (Å²) in [5.41, 5.74) is 0. The highest BCUT2D eigenvalue weighted by Gasteiger charge is 2.17. The van der Waals surface area contributed by atoms with Crippen molar-refractivity contribution >= 4 is 5.91 Å². The first-order valence-electron chi connectivity index (χ1n) is 20.5. The molecule has 0 aromatic rings. The molecule has 278 valence electrons. The fourth-order valence-corrected chi connectivity index (χ4v) is 5.79. The molecule has 4 nitrogen and oxygen atoms in total. The van der Waals surface area contributed by atoms with Gasteiger partial charge in [0.1, 0.15) is 0 Å². The molecule has 0 aliphatic heterocycles. The van der Waals surface area contributed by atoms with Crippen LogP contribution in [0.4, 0.5) is 0 Å². The summed E-state index contributed by atoms with van der Waals surface area (Å²) in [5, 5.41) is 22.9. The number of hydrogen-bond donors (Lipinski definition) is 3. The van der Waals surface area contributed by atoms with E-state index in [1.807, 2.05) is 6.08 Å². The molecule has 0 bridgehead atoms. The first-order chi connectivity index (χ1) is 23.7. The summed E-state index contributed by atoms with van der Waals surface area (Å²) in [6.45, 7) is 4.26. The standard InChI is InChI=1S/C44H79NO3/c1-3-5-7-9-11-13-15-17-19-20-21-22-23-24-26-28-30-32-34-36-38-40-44(48)45-42(41-46)43(47)39-37-35-33-31-29-27-25-18-16-14-12-10-8-6-4-2/h15,17,20-21,23-24,29,31,37,39,42-43,46-47H,3-14,16,18-19,22,25-28,30,32-36,38,40-41H2,1-2H3,(H,45,48)/b17-15-,21-20-,24-23-,31-29+,39-37+. The summed E-state index contributed by atoms with van der Waals surface area (Å²) in [7, 11) is 0. The van der Waals surface area contributed by atoms with Crippen molar-refractivity contribution in [1.82, 2.24) is 5.32 Å². The van der Waals surface area contributed by atoms with Gasteiger partial charge in [0.2, 0.25) is 5.91 Å². The van der Waals surface area contributed by atoms with Crippen LogP contribution in [-0.2, 0) is 4.79 Å². The molecule has 0 radical (unpaired) electrons. The third kappa shape index (κ3) is 35.4. The minimum Gasteiger partial charge on any atom is -0.394 e. The molecule has 2 atom stereocenters. The first-order valence-corrected chi connectivity index (χ1v) is 20.5. The Labute approximate surface area is 298 Å². The molecule has 0 saturated heterocycles. The Morgan fingerprint density at radius 2 is 0.875 bits per heavy atom. The number of carbonyl (C=O) groups is 1. The number of aliphatic hydroxyl groups excluding tert-OH is 2. The number of allylic oxidation sites excluding steroid dienone is 9. The molecule has 0 fully saturated rings. The van der Waals surface area contributed by atoms with E-state index in [4.69, 9.17) is 0 Å².